The first kappa shape index (κ1) is 26.7. The van der Waals surface area contributed by atoms with Crippen LogP contribution in [0.1, 0.15) is 67.8 Å². The molecule has 190 valence electrons. The van der Waals surface area contributed by atoms with Gasteiger partial charge in [-0.25, -0.2) is 9.59 Å². The number of benzene rings is 3. The number of carbonyl (C=O) groups excluding carboxylic acids is 3. The third-order valence-electron chi connectivity index (χ3n) is 5.13. The Morgan fingerprint density at radius 2 is 1.50 bits per heavy atom. The highest BCUT2D eigenvalue weighted by atomic mass is 16.6. The number of aromatic hydroxyl groups is 1. The zero-order valence-electron chi connectivity index (χ0n) is 21.5. The Balaban J connectivity index is 1.84. The van der Waals surface area contributed by atoms with Crippen molar-refractivity contribution in [3.05, 3.63) is 77.4 Å². The van der Waals surface area contributed by atoms with E-state index in [9.17, 15) is 19.5 Å². The molecule has 2 N–H and O–H groups in total. The molecule has 0 saturated carbocycles. The molecule has 7 nitrogen and oxygen atoms in total. The van der Waals surface area contributed by atoms with Crippen LogP contribution in [0.15, 0.2) is 60.7 Å². The van der Waals surface area contributed by atoms with Crippen LogP contribution in [0.25, 0.3) is 10.8 Å². The predicted octanol–water partition coefficient (Wildman–Crippen LogP) is 5.18. The zero-order chi connectivity index (χ0) is 26.7. The van der Waals surface area contributed by atoms with Crippen molar-refractivity contribution >= 4 is 28.6 Å². The fourth-order valence-corrected chi connectivity index (χ4v) is 3.62. The second-order valence-electron chi connectivity index (χ2n) is 10.7. The maximum absolute atomic E-state index is 13.2. The Labute approximate surface area is 211 Å². The van der Waals surface area contributed by atoms with Gasteiger partial charge in [0, 0.05) is 12.0 Å². The fourth-order valence-electron chi connectivity index (χ4n) is 3.62. The minimum atomic E-state index is -0.962. The van der Waals surface area contributed by atoms with Crippen molar-refractivity contribution in [1.29, 1.82) is 0 Å². The average Bonchev–Trinajstić information content (AvgIpc) is 2.76. The van der Waals surface area contributed by atoms with Gasteiger partial charge in [0.05, 0.1) is 5.56 Å². The summed E-state index contributed by atoms with van der Waals surface area (Å²) in [5, 5.41) is 13.9. The van der Waals surface area contributed by atoms with E-state index in [0.29, 0.717) is 21.9 Å². The Bertz CT molecular complexity index is 1270. The van der Waals surface area contributed by atoms with Gasteiger partial charge in [0.25, 0.3) is 5.91 Å². The van der Waals surface area contributed by atoms with E-state index in [2.05, 4.69) is 5.32 Å². The van der Waals surface area contributed by atoms with Crippen LogP contribution in [0.3, 0.4) is 0 Å². The normalized spacial score (nSPS) is 12.6. The first-order chi connectivity index (χ1) is 16.7. The highest BCUT2D eigenvalue weighted by molar-refractivity contribution is 6.08. The van der Waals surface area contributed by atoms with Crippen LogP contribution in [-0.4, -0.2) is 40.2 Å². The summed E-state index contributed by atoms with van der Waals surface area (Å²) in [4.78, 5) is 38.6. The molecule has 0 saturated heterocycles. The van der Waals surface area contributed by atoms with Gasteiger partial charge in [-0.1, -0.05) is 24.3 Å². The lowest BCUT2D eigenvalue weighted by Crippen LogP contribution is -2.45. The van der Waals surface area contributed by atoms with Gasteiger partial charge in [0.2, 0.25) is 0 Å². The minimum Gasteiger partial charge on any atom is -0.508 e. The molecule has 3 aromatic carbocycles. The smallest absolute Gasteiger partial charge is 0.338 e. The van der Waals surface area contributed by atoms with Gasteiger partial charge in [-0.3, -0.25) is 4.79 Å². The lowest BCUT2D eigenvalue weighted by Gasteiger charge is -2.25. The van der Waals surface area contributed by atoms with E-state index in [0.717, 1.165) is 5.56 Å². The molecule has 0 aromatic heterocycles. The van der Waals surface area contributed by atoms with Crippen LogP contribution in [0, 0.1) is 0 Å². The standard InChI is InChI=1S/C29H33NO6/c1-28(2,3)35-26(33)19-12-10-18(11-13-19)16-24(27(34)36-29(4,5)6)30-25(32)23-9-7-8-20-17-21(31)14-15-22(20)23/h7-15,17,24,31H,16H2,1-6H3,(H,30,32)/t24-/m0/s1. The van der Waals surface area contributed by atoms with Crippen molar-refractivity contribution in [1.82, 2.24) is 5.32 Å². The SMILES string of the molecule is CC(C)(C)OC(=O)c1ccc(C[C@H](NC(=O)c2cccc3cc(O)ccc23)C(=O)OC(C)(C)C)cc1. The van der Waals surface area contributed by atoms with Crippen LogP contribution < -0.4 is 5.32 Å². The third kappa shape index (κ3) is 7.31. The van der Waals surface area contributed by atoms with Crippen molar-refractivity contribution in [3.8, 4) is 5.75 Å². The number of nitrogens with one attached hydrogen (secondary N) is 1. The molecular formula is C29H33NO6. The van der Waals surface area contributed by atoms with E-state index in [1.807, 2.05) is 0 Å². The van der Waals surface area contributed by atoms with Crippen LogP contribution in [0.5, 0.6) is 5.75 Å². The average molecular weight is 492 g/mol. The molecule has 0 aliphatic heterocycles. The fraction of sp³-hybridized carbons (Fsp3) is 0.345. The number of hydrogen-bond donors (Lipinski definition) is 2. The second kappa shape index (κ2) is 10.4. The lowest BCUT2D eigenvalue weighted by molar-refractivity contribution is -0.157. The molecule has 0 unspecified atom stereocenters. The Morgan fingerprint density at radius 1 is 0.861 bits per heavy atom. The zero-order valence-corrected chi connectivity index (χ0v) is 21.5. The molecule has 3 rings (SSSR count). The van der Waals surface area contributed by atoms with E-state index in [1.54, 1.807) is 96.1 Å². The van der Waals surface area contributed by atoms with Crippen molar-refractivity contribution in [2.45, 2.75) is 65.2 Å². The van der Waals surface area contributed by atoms with Crippen molar-refractivity contribution in [2.75, 3.05) is 0 Å². The molecule has 0 fully saturated rings. The minimum absolute atomic E-state index is 0.0986. The molecule has 0 aliphatic rings. The van der Waals surface area contributed by atoms with Gasteiger partial charge in [-0.15, -0.1) is 0 Å². The van der Waals surface area contributed by atoms with E-state index in [-0.39, 0.29) is 12.2 Å². The quantitative estimate of drug-likeness (QED) is 0.461. The molecule has 7 heteroatoms. The molecule has 36 heavy (non-hydrogen) atoms. The summed E-state index contributed by atoms with van der Waals surface area (Å²) in [7, 11) is 0. The lowest BCUT2D eigenvalue weighted by atomic mass is 10.0. The largest absolute Gasteiger partial charge is 0.508 e. The summed E-state index contributed by atoms with van der Waals surface area (Å²) in [5.41, 5.74) is 0.160. The molecular weight excluding hydrogens is 458 g/mol. The summed E-state index contributed by atoms with van der Waals surface area (Å²) < 4.78 is 11.0. The van der Waals surface area contributed by atoms with Gasteiger partial charge in [0.15, 0.2) is 0 Å². The predicted molar refractivity (Wildman–Crippen MR) is 138 cm³/mol. The summed E-state index contributed by atoms with van der Waals surface area (Å²) in [6.07, 6.45) is 0.167. The first-order valence-electron chi connectivity index (χ1n) is 11.8. The van der Waals surface area contributed by atoms with Crippen molar-refractivity contribution in [3.63, 3.8) is 0 Å². The van der Waals surface area contributed by atoms with Gasteiger partial charge in [-0.05, 0) is 94.3 Å². The monoisotopic (exact) mass is 491 g/mol. The molecule has 1 amide bonds. The summed E-state index contributed by atoms with van der Waals surface area (Å²) in [5.74, 6) is -1.34. The molecule has 0 heterocycles. The molecule has 0 bridgehead atoms. The summed E-state index contributed by atoms with van der Waals surface area (Å²) in [6, 6.07) is 15.7. The molecule has 3 aromatic rings. The van der Waals surface area contributed by atoms with Crippen LogP contribution >= 0.6 is 0 Å². The van der Waals surface area contributed by atoms with E-state index >= 15 is 0 Å². The highest BCUT2D eigenvalue weighted by Gasteiger charge is 2.28. The van der Waals surface area contributed by atoms with Gasteiger partial charge >= 0.3 is 11.9 Å². The number of amides is 1. The van der Waals surface area contributed by atoms with Crippen molar-refractivity contribution < 1.29 is 29.0 Å². The highest BCUT2D eigenvalue weighted by Crippen LogP contribution is 2.24. The number of carbonyl (C=O) groups is 3. The van der Waals surface area contributed by atoms with Gasteiger partial charge < -0.3 is 19.9 Å². The van der Waals surface area contributed by atoms with E-state index in [4.69, 9.17) is 9.47 Å². The Morgan fingerprint density at radius 3 is 2.11 bits per heavy atom. The second-order valence-corrected chi connectivity index (χ2v) is 10.7. The molecule has 0 radical (unpaired) electrons. The number of fused-ring (bicyclic) bond motifs is 1. The Hall–Kier alpha value is -3.87. The summed E-state index contributed by atoms with van der Waals surface area (Å²) in [6.45, 7) is 10.7. The van der Waals surface area contributed by atoms with E-state index < -0.39 is 35.1 Å². The number of rotatable bonds is 6. The molecule has 0 spiro atoms. The van der Waals surface area contributed by atoms with E-state index in [1.165, 1.54) is 6.07 Å². The number of esters is 2. The van der Waals surface area contributed by atoms with Gasteiger partial charge in [-0.2, -0.15) is 0 Å². The topological polar surface area (TPSA) is 102 Å². The number of phenols is 1. The summed E-state index contributed by atoms with van der Waals surface area (Å²) >= 11 is 0. The van der Waals surface area contributed by atoms with Crippen LogP contribution in [0.4, 0.5) is 0 Å². The van der Waals surface area contributed by atoms with Gasteiger partial charge in [0.1, 0.15) is 23.0 Å². The van der Waals surface area contributed by atoms with Crippen molar-refractivity contribution in [2.24, 2.45) is 0 Å². The maximum atomic E-state index is 13.2. The number of ether oxygens (including phenoxy) is 2. The number of hydrogen-bond acceptors (Lipinski definition) is 6. The molecule has 0 aliphatic carbocycles. The Kier molecular flexibility index (Phi) is 7.72. The van der Waals surface area contributed by atoms with Crippen LogP contribution in [-0.2, 0) is 20.7 Å². The third-order valence-corrected chi connectivity index (χ3v) is 5.13. The molecule has 1 atom stereocenters. The maximum Gasteiger partial charge on any atom is 0.338 e. The van der Waals surface area contributed by atoms with Crippen LogP contribution in [0.2, 0.25) is 0 Å². The number of phenolic OH excluding ortho intramolecular Hbond substituents is 1. The first-order valence-corrected chi connectivity index (χ1v) is 11.8.